The van der Waals surface area contributed by atoms with Crippen molar-refractivity contribution >= 4 is 23.6 Å². The molecule has 3 amide bonds. The van der Waals surface area contributed by atoms with E-state index in [0.29, 0.717) is 18.8 Å². The van der Waals surface area contributed by atoms with E-state index in [2.05, 4.69) is 10.6 Å². The molecule has 0 radical (unpaired) electrons. The van der Waals surface area contributed by atoms with E-state index in [1.165, 1.54) is 0 Å². The summed E-state index contributed by atoms with van der Waals surface area (Å²) in [5.41, 5.74) is 0.626. The molecule has 7 heteroatoms. The van der Waals surface area contributed by atoms with Gasteiger partial charge in [-0.1, -0.05) is 44.9 Å². The molecule has 2 N–H and O–H groups in total. The highest BCUT2D eigenvalue weighted by atomic mass is 16.5. The van der Waals surface area contributed by atoms with Crippen LogP contribution in [0.1, 0.15) is 46.5 Å². The number of rotatable bonds is 6. The van der Waals surface area contributed by atoms with Gasteiger partial charge in [0.2, 0.25) is 0 Å². The molecule has 1 aliphatic rings. The van der Waals surface area contributed by atoms with Crippen LogP contribution in [0.4, 0.5) is 10.5 Å². The number of ether oxygens (including phenoxy) is 1. The summed E-state index contributed by atoms with van der Waals surface area (Å²) in [6.45, 7) is 6.62. The zero-order chi connectivity index (χ0) is 20.5. The number of likely N-dealkylation sites (tertiary alicyclic amines) is 1. The lowest BCUT2D eigenvalue weighted by molar-refractivity contribution is -0.161. The van der Waals surface area contributed by atoms with Gasteiger partial charge in [0.15, 0.2) is 6.10 Å². The summed E-state index contributed by atoms with van der Waals surface area (Å²) in [5, 5.41) is 5.33. The van der Waals surface area contributed by atoms with Crippen molar-refractivity contribution in [2.24, 2.45) is 5.92 Å². The van der Waals surface area contributed by atoms with Crippen molar-refractivity contribution < 1.29 is 19.1 Å². The van der Waals surface area contributed by atoms with Crippen LogP contribution in [0.5, 0.6) is 0 Å². The topological polar surface area (TPSA) is 87.7 Å². The van der Waals surface area contributed by atoms with E-state index >= 15 is 0 Å². The van der Waals surface area contributed by atoms with Crippen LogP contribution in [0, 0.1) is 5.92 Å². The van der Waals surface area contributed by atoms with E-state index < -0.39 is 24.1 Å². The number of hydrogen-bond acceptors (Lipinski definition) is 4. The van der Waals surface area contributed by atoms with Crippen LogP contribution in [-0.2, 0) is 14.3 Å². The van der Waals surface area contributed by atoms with Gasteiger partial charge in [0.05, 0.1) is 0 Å². The van der Waals surface area contributed by atoms with Crippen LogP contribution < -0.4 is 10.6 Å². The first kappa shape index (κ1) is 21.7. The second kappa shape index (κ2) is 10.7. The zero-order valence-corrected chi connectivity index (χ0v) is 16.9. The lowest BCUT2D eigenvalue weighted by atomic mass is 10.0. The Morgan fingerprint density at radius 2 is 1.57 bits per heavy atom. The highest BCUT2D eigenvalue weighted by molar-refractivity contribution is 5.93. The third kappa shape index (κ3) is 6.55. The summed E-state index contributed by atoms with van der Waals surface area (Å²) in [7, 11) is 0. The molecule has 1 fully saturated rings. The minimum atomic E-state index is -0.870. The second-order valence-electron chi connectivity index (χ2n) is 7.50. The number of esters is 1. The molecule has 1 aliphatic heterocycles. The van der Waals surface area contributed by atoms with Gasteiger partial charge in [0, 0.05) is 18.8 Å². The Balaban J connectivity index is 1.92. The van der Waals surface area contributed by atoms with Gasteiger partial charge < -0.3 is 20.3 Å². The van der Waals surface area contributed by atoms with Crippen molar-refractivity contribution in [2.45, 2.75) is 58.6 Å². The number of nitrogens with zero attached hydrogens (tertiary/aromatic N) is 1. The molecule has 0 saturated carbocycles. The molecule has 0 spiro atoms. The van der Waals surface area contributed by atoms with E-state index in [0.717, 1.165) is 25.7 Å². The molecule has 0 bridgehead atoms. The van der Waals surface area contributed by atoms with Crippen molar-refractivity contribution in [3.8, 4) is 0 Å². The average molecular weight is 389 g/mol. The Bertz CT molecular complexity index is 655. The molecule has 154 valence electrons. The van der Waals surface area contributed by atoms with E-state index in [9.17, 15) is 14.4 Å². The van der Waals surface area contributed by atoms with E-state index in [-0.39, 0.29) is 11.8 Å². The zero-order valence-electron chi connectivity index (χ0n) is 16.9. The number of urea groups is 1. The molecule has 0 aromatic heterocycles. The van der Waals surface area contributed by atoms with Gasteiger partial charge in [-0.2, -0.15) is 0 Å². The number of hydrogen-bond donors (Lipinski definition) is 2. The third-order valence-electron chi connectivity index (χ3n) is 4.80. The minimum Gasteiger partial charge on any atom is -0.451 e. The van der Waals surface area contributed by atoms with Crippen LogP contribution in [0.25, 0.3) is 0 Å². The van der Waals surface area contributed by atoms with E-state index in [1.54, 1.807) is 36.1 Å². The van der Waals surface area contributed by atoms with Crippen LogP contribution >= 0.6 is 0 Å². The SMILES string of the molecule is CC(C)[C@H](NC(=O)Nc1ccccc1)C(=O)O[C@H](C)C(=O)N1CCCCCC1. The molecule has 1 aromatic carbocycles. The molecule has 1 heterocycles. The van der Waals surface area contributed by atoms with Gasteiger partial charge in [0.1, 0.15) is 6.04 Å². The van der Waals surface area contributed by atoms with Crippen molar-refractivity contribution in [1.82, 2.24) is 10.2 Å². The number of para-hydroxylation sites is 1. The first-order valence-corrected chi connectivity index (χ1v) is 10.0. The normalized spacial score (nSPS) is 16.6. The molecular weight excluding hydrogens is 358 g/mol. The maximum Gasteiger partial charge on any atom is 0.329 e. The molecule has 1 aromatic rings. The Morgan fingerprint density at radius 1 is 0.964 bits per heavy atom. The van der Waals surface area contributed by atoms with Gasteiger partial charge in [-0.3, -0.25) is 4.79 Å². The van der Waals surface area contributed by atoms with Crippen molar-refractivity contribution in [3.05, 3.63) is 30.3 Å². The van der Waals surface area contributed by atoms with Crippen LogP contribution in [0.3, 0.4) is 0 Å². The van der Waals surface area contributed by atoms with E-state index in [4.69, 9.17) is 4.74 Å². The summed E-state index contributed by atoms with van der Waals surface area (Å²) < 4.78 is 5.41. The number of carbonyl (C=O) groups excluding carboxylic acids is 3. The maximum atomic E-state index is 12.6. The molecule has 0 aliphatic carbocycles. The molecule has 7 nitrogen and oxygen atoms in total. The van der Waals surface area contributed by atoms with Gasteiger partial charge in [0.25, 0.3) is 5.91 Å². The maximum absolute atomic E-state index is 12.6. The molecule has 2 atom stereocenters. The Labute approximate surface area is 166 Å². The number of amides is 3. The molecule has 2 rings (SSSR count). The van der Waals surface area contributed by atoms with Gasteiger partial charge >= 0.3 is 12.0 Å². The number of benzene rings is 1. The quantitative estimate of drug-likeness (QED) is 0.732. The number of anilines is 1. The number of nitrogens with one attached hydrogen (secondary N) is 2. The van der Waals surface area contributed by atoms with Crippen LogP contribution in [0.2, 0.25) is 0 Å². The van der Waals surface area contributed by atoms with Gasteiger partial charge in [-0.15, -0.1) is 0 Å². The monoisotopic (exact) mass is 389 g/mol. The Morgan fingerprint density at radius 3 is 2.14 bits per heavy atom. The fourth-order valence-electron chi connectivity index (χ4n) is 3.17. The predicted molar refractivity (Wildman–Crippen MR) is 108 cm³/mol. The van der Waals surface area contributed by atoms with Crippen molar-refractivity contribution in [2.75, 3.05) is 18.4 Å². The van der Waals surface area contributed by atoms with Gasteiger partial charge in [-0.05, 0) is 37.8 Å². The third-order valence-corrected chi connectivity index (χ3v) is 4.80. The molecule has 0 unspecified atom stereocenters. The largest absolute Gasteiger partial charge is 0.451 e. The van der Waals surface area contributed by atoms with Gasteiger partial charge in [-0.25, -0.2) is 9.59 Å². The molecule has 1 saturated heterocycles. The summed E-state index contributed by atoms with van der Waals surface area (Å²) in [4.78, 5) is 39.2. The smallest absolute Gasteiger partial charge is 0.329 e. The molecular formula is C21H31N3O4. The summed E-state index contributed by atoms with van der Waals surface area (Å²) in [6.07, 6.45) is 3.32. The lowest BCUT2D eigenvalue weighted by Crippen LogP contribution is -2.49. The summed E-state index contributed by atoms with van der Waals surface area (Å²) in [5.74, 6) is -0.963. The fourth-order valence-corrected chi connectivity index (χ4v) is 3.17. The Kier molecular flexibility index (Phi) is 8.29. The summed E-state index contributed by atoms with van der Waals surface area (Å²) in [6, 6.07) is 7.63. The highest BCUT2D eigenvalue weighted by Gasteiger charge is 2.30. The van der Waals surface area contributed by atoms with Crippen LogP contribution in [0.15, 0.2) is 30.3 Å². The van der Waals surface area contributed by atoms with Crippen molar-refractivity contribution in [1.29, 1.82) is 0 Å². The second-order valence-corrected chi connectivity index (χ2v) is 7.50. The first-order chi connectivity index (χ1) is 13.4. The minimum absolute atomic E-state index is 0.175. The highest BCUT2D eigenvalue weighted by Crippen LogP contribution is 2.13. The summed E-state index contributed by atoms with van der Waals surface area (Å²) >= 11 is 0. The fraction of sp³-hybridized carbons (Fsp3) is 0.571. The standard InChI is InChI=1S/C21H31N3O4/c1-15(2)18(23-21(27)22-17-11-7-6-8-12-17)20(26)28-16(3)19(25)24-13-9-4-5-10-14-24/h6-8,11-12,15-16,18H,4-5,9-10,13-14H2,1-3H3,(H2,22,23,27)/t16-,18+/m1/s1. The Hall–Kier alpha value is -2.57. The number of carbonyl (C=O) groups is 3. The van der Waals surface area contributed by atoms with Crippen LogP contribution in [-0.4, -0.2) is 48.0 Å². The molecule has 28 heavy (non-hydrogen) atoms. The van der Waals surface area contributed by atoms with E-state index in [1.807, 2.05) is 19.9 Å². The predicted octanol–water partition coefficient (Wildman–Crippen LogP) is 3.17. The average Bonchev–Trinajstić information content (AvgIpc) is 2.95. The first-order valence-electron chi connectivity index (χ1n) is 10.0. The lowest BCUT2D eigenvalue weighted by Gasteiger charge is -2.26. The van der Waals surface area contributed by atoms with Crippen molar-refractivity contribution in [3.63, 3.8) is 0 Å².